The van der Waals surface area contributed by atoms with Crippen LogP contribution in [0, 0.1) is 5.92 Å². The third kappa shape index (κ3) is 2.23. The molecule has 1 aliphatic carbocycles. The molecule has 0 saturated carbocycles. The van der Waals surface area contributed by atoms with E-state index in [4.69, 9.17) is 0 Å². The number of hydrogen-bond donors (Lipinski definition) is 1. The first-order chi connectivity index (χ1) is 8.13. The van der Waals surface area contributed by atoms with E-state index in [1.54, 1.807) is 6.20 Å². The van der Waals surface area contributed by atoms with Gasteiger partial charge in [0.05, 0.1) is 16.9 Å². The average Bonchev–Trinajstić information content (AvgIpc) is 2.74. The number of fused-ring (bicyclic) bond motifs is 1. The van der Waals surface area contributed by atoms with Gasteiger partial charge in [-0.05, 0) is 5.92 Å². The molecular weight excluding hydrogens is 212 g/mol. The summed E-state index contributed by atoms with van der Waals surface area (Å²) >= 11 is 0. The second-order valence-corrected chi connectivity index (χ2v) is 4.78. The average molecular weight is 230 g/mol. The number of anilines is 1. The SMILES string of the molecule is CNc1c(C(=O)CC(C)C)cnc2c1C=CC2. The molecule has 0 spiro atoms. The van der Waals surface area contributed by atoms with Crippen molar-refractivity contribution in [2.24, 2.45) is 5.92 Å². The molecule has 0 atom stereocenters. The highest BCUT2D eigenvalue weighted by molar-refractivity contribution is 6.03. The van der Waals surface area contributed by atoms with Crippen LogP contribution in [-0.2, 0) is 6.42 Å². The van der Waals surface area contributed by atoms with Gasteiger partial charge in [-0.1, -0.05) is 26.0 Å². The fourth-order valence-corrected chi connectivity index (χ4v) is 2.16. The van der Waals surface area contributed by atoms with Crippen molar-refractivity contribution < 1.29 is 4.79 Å². The number of allylic oxidation sites excluding steroid dienone is 1. The van der Waals surface area contributed by atoms with Gasteiger partial charge in [0.2, 0.25) is 0 Å². The third-order valence-corrected chi connectivity index (χ3v) is 2.94. The molecule has 0 aromatic carbocycles. The second kappa shape index (κ2) is 4.70. The normalized spacial score (nSPS) is 12.9. The molecule has 3 heteroatoms. The van der Waals surface area contributed by atoms with Gasteiger partial charge in [-0.3, -0.25) is 9.78 Å². The van der Waals surface area contributed by atoms with Crippen LogP contribution in [0.4, 0.5) is 5.69 Å². The molecule has 0 radical (unpaired) electrons. The molecule has 1 aromatic heterocycles. The van der Waals surface area contributed by atoms with Crippen LogP contribution in [0.3, 0.4) is 0 Å². The standard InChI is InChI=1S/C14H18N2O/c1-9(2)7-13(17)11-8-16-12-6-4-5-10(12)14(11)15-3/h4-5,8-9H,6-7H2,1-3H3,(H,15,16). The van der Waals surface area contributed by atoms with Crippen LogP contribution in [0.5, 0.6) is 0 Å². The summed E-state index contributed by atoms with van der Waals surface area (Å²) in [5.74, 6) is 0.538. The van der Waals surface area contributed by atoms with Crippen molar-refractivity contribution in [3.8, 4) is 0 Å². The van der Waals surface area contributed by atoms with Crippen molar-refractivity contribution in [3.05, 3.63) is 29.1 Å². The molecule has 0 bridgehead atoms. The third-order valence-electron chi connectivity index (χ3n) is 2.94. The van der Waals surface area contributed by atoms with Crippen molar-refractivity contribution in [2.75, 3.05) is 12.4 Å². The first-order valence-electron chi connectivity index (χ1n) is 6.02. The number of ketones is 1. The lowest BCUT2D eigenvalue weighted by atomic mass is 9.99. The van der Waals surface area contributed by atoms with Gasteiger partial charge in [-0.25, -0.2) is 0 Å². The number of carbonyl (C=O) groups excluding carboxylic acids is 1. The Labute approximate surface area is 102 Å². The summed E-state index contributed by atoms with van der Waals surface area (Å²) in [6.45, 7) is 4.11. The molecule has 0 amide bonds. The minimum absolute atomic E-state index is 0.167. The zero-order valence-electron chi connectivity index (χ0n) is 10.6. The highest BCUT2D eigenvalue weighted by atomic mass is 16.1. The van der Waals surface area contributed by atoms with E-state index in [9.17, 15) is 4.79 Å². The Balaban J connectivity index is 2.41. The van der Waals surface area contributed by atoms with E-state index in [1.165, 1.54) is 0 Å². The molecule has 1 heterocycles. The maximum atomic E-state index is 12.1. The maximum Gasteiger partial charge on any atom is 0.166 e. The molecule has 1 aliphatic rings. The van der Waals surface area contributed by atoms with E-state index in [-0.39, 0.29) is 5.78 Å². The number of hydrogen-bond acceptors (Lipinski definition) is 3. The van der Waals surface area contributed by atoms with E-state index < -0.39 is 0 Å². The minimum atomic E-state index is 0.167. The number of Topliss-reactive ketones (excluding diaryl/α,β-unsaturated/α-hetero) is 1. The fourth-order valence-electron chi connectivity index (χ4n) is 2.16. The molecule has 0 fully saturated rings. The number of nitrogens with zero attached hydrogens (tertiary/aromatic N) is 1. The molecule has 1 N–H and O–H groups in total. The summed E-state index contributed by atoms with van der Waals surface area (Å²) in [5, 5.41) is 3.14. The lowest BCUT2D eigenvalue weighted by molar-refractivity contribution is 0.0968. The predicted octanol–water partition coefficient (Wildman–Crippen LogP) is 2.92. The van der Waals surface area contributed by atoms with Crippen LogP contribution in [0.2, 0.25) is 0 Å². The molecule has 2 rings (SSSR count). The number of carbonyl (C=O) groups is 1. The topological polar surface area (TPSA) is 42.0 Å². The van der Waals surface area contributed by atoms with Crippen LogP contribution in [0.15, 0.2) is 12.3 Å². The monoisotopic (exact) mass is 230 g/mol. The smallest absolute Gasteiger partial charge is 0.166 e. The Kier molecular flexibility index (Phi) is 3.27. The molecule has 3 nitrogen and oxygen atoms in total. The Morgan fingerprint density at radius 2 is 2.29 bits per heavy atom. The Morgan fingerprint density at radius 3 is 2.94 bits per heavy atom. The second-order valence-electron chi connectivity index (χ2n) is 4.78. The molecule has 90 valence electrons. The summed E-state index contributed by atoms with van der Waals surface area (Å²) in [6, 6.07) is 0. The van der Waals surface area contributed by atoms with Crippen molar-refractivity contribution in [3.63, 3.8) is 0 Å². The molecular formula is C14H18N2O. The zero-order chi connectivity index (χ0) is 12.4. The summed E-state index contributed by atoms with van der Waals surface area (Å²) in [5.41, 5.74) is 3.76. The Morgan fingerprint density at radius 1 is 1.53 bits per heavy atom. The van der Waals surface area contributed by atoms with Gasteiger partial charge in [0.1, 0.15) is 0 Å². The summed E-state index contributed by atoms with van der Waals surface area (Å²) < 4.78 is 0. The number of pyridine rings is 1. The highest BCUT2D eigenvalue weighted by Crippen LogP contribution is 2.29. The summed E-state index contributed by atoms with van der Waals surface area (Å²) in [7, 11) is 1.86. The van der Waals surface area contributed by atoms with Crippen LogP contribution in [-0.4, -0.2) is 17.8 Å². The van der Waals surface area contributed by atoms with Crippen LogP contribution < -0.4 is 5.32 Å². The van der Waals surface area contributed by atoms with E-state index in [2.05, 4.69) is 30.2 Å². The van der Waals surface area contributed by atoms with Crippen molar-refractivity contribution >= 4 is 17.5 Å². The molecule has 0 aliphatic heterocycles. The maximum absolute atomic E-state index is 12.1. The van der Waals surface area contributed by atoms with Crippen molar-refractivity contribution in [1.29, 1.82) is 0 Å². The Hall–Kier alpha value is -1.64. The van der Waals surface area contributed by atoms with E-state index >= 15 is 0 Å². The number of rotatable bonds is 4. The molecule has 17 heavy (non-hydrogen) atoms. The van der Waals surface area contributed by atoms with Crippen LogP contribution in [0.1, 0.15) is 41.9 Å². The predicted molar refractivity (Wildman–Crippen MR) is 70.3 cm³/mol. The lowest BCUT2D eigenvalue weighted by Gasteiger charge is -2.13. The van der Waals surface area contributed by atoms with E-state index in [0.717, 1.165) is 23.4 Å². The zero-order valence-corrected chi connectivity index (χ0v) is 10.6. The quantitative estimate of drug-likeness (QED) is 0.809. The van der Waals surface area contributed by atoms with Crippen LogP contribution in [0.25, 0.3) is 6.08 Å². The molecule has 1 aromatic rings. The van der Waals surface area contributed by atoms with Crippen LogP contribution >= 0.6 is 0 Å². The van der Waals surface area contributed by atoms with Gasteiger partial charge in [0.25, 0.3) is 0 Å². The molecule has 0 unspecified atom stereocenters. The van der Waals surface area contributed by atoms with Gasteiger partial charge >= 0.3 is 0 Å². The van der Waals surface area contributed by atoms with Gasteiger partial charge < -0.3 is 5.32 Å². The fraction of sp³-hybridized carbons (Fsp3) is 0.429. The van der Waals surface area contributed by atoms with Gasteiger partial charge in [-0.2, -0.15) is 0 Å². The largest absolute Gasteiger partial charge is 0.387 e. The highest BCUT2D eigenvalue weighted by Gasteiger charge is 2.19. The first-order valence-corrected chi connectivity index (χ1v) is 6.02. The lowest BCUT2D eigenvalue weighted by Crippen LogP contribution is -2.10. The van der Waals surface area contributed by atoms with Gasteiger partial charge in [0, 0.05) is 31.6 Å². The van der Waals surface area contributed by atoms with Crippen molar-refractivity contribution in [2.45, 2.75) is 26.7 Å². The Bertz CT molecular complexity index is 475. The minimum Gasteiger partial charge on any atom is -0.387 e. The summed E-state index contributed by atoms with van der Waals surface area (Å²) in [4.78, 5) is 16.5. The van der Waals surface area contributed by atoms with E-state index in [1.807, 2.05) is 13.1 Å². The molecule has 0 saturated heterocycles. The van der Waals surface area contributed by atoms with Gasteiger partial charge in [0.15, 0.2) is 5.78 Å². The van der Waals surface area contributed by atoms with E-state index in [0.29, 0.717) is 17.9 Å². The van der Waals surface area contributed by atoms with Crippen molar-refractivity contribution in [1.82, 2.24) is 4.98 Å². The first kappa shape index (κ1) is 11.8. The number of nitrogens with one attached hydrogen (secondary N) is 1. The number of aromatic nitrogens is 1. The van der Waals surface area contributed by atoms with Gasteiger partial charge in [-0.15, -0.1) is 0 Å². The summed E-state index contributed by atoms with van der Waals surface area (Å²) in [6.07, 6.45) is 7.26.